The lowest BCUT2D eigenvalue weighted by atomic mass is 9.99. The second-order valence-electron chi connectivity index (χ2n) is 6.25. The summed E-state index contributed by atoms with van der Waals surface area (Å²) in [7, 11) is 2.11. The summed E-state index contributed by atoms with van der Waals surface area (Å²) in [5.74, 6) is 0. The summed E-state index contributed by atoms with van der Waals surface area (Å²) in [5.41, 5.74) is 17.1. The molecule has 0 saturated carbocycles. The number of benzene rings is 3. The third-order valence-electron chi connectivity index (χ3n) is 4.67. The average molecular weight is 314 g/mol. The lowest BCUT2D eigenvalue weighted by Gasteiger charge is -2.10. The predicted octanol–water partition coefficient (Wildman–Crippen LogP) is 3.57. The molecule has 0 aliphatic carbocycles. The zero-order valence-corrected chi connectivity index (χ0v) is 13.7. The fourth-order valence-corrected chi connectivity index (χ4v) is 3.39. The zero-order valence-electron chi connectivity index (χ0n) is 13.7. The number of pyridine rings is 1. The summed E-state index contributed by atoms with van der Waals surface area (Å²) < 4.78 is 2.25. The standard InChI is InChI=1S/C21H19N3/c1-24-20(12-14-6-8-15(22)9-7-14)18-5-3-2-4-17(18)19-11-10-16(23)13-21(19)24/h2-11,13,23H,12,22H2,1H3/p+1. The molecular weight excluding hydrogens is 294 g/mol. The molecule has 3 aromatic carbocycles. The van der Waals surface area contributed by atoms with Gasteiger partial charge in [-0.05, 0) is 35.9 Å². The van der Waals surface area contributed by atoms with E-state index in [-0.39, 0.29) is 0 Å². The molecule has 0 spiro atoms. The topological polar surface area (TPSA) is 55.9 Å². The summed E-state index contributed by atoms with van der Waals surface area (Å²) >= 11 is 0. The lowest BCUT2D eigenvalue weighted by molar-refractivity contribution is -0.650. The van der Waals surface area contributed by atoms with E-state index in [0.29, 0.717) is 0 Å². The van der Waals surface area contributed by atoms with E-state index in [1.165, 1.54) is 27.4 Å². The lowest BCUT2D eigenvalue weighted by Crippen LogP contribution is -2.35. The number of hydrogen-bond donors (Lipinski definition) is 2. The van der Waals surface area contributed by atoms with Gasteiger partial charge in [0.05, 0.1) is 11.8 Å². The first kappa shape index (κ1) is 14.5. The molecule has 0 aliphatic rings. The van der Waals surface area contributed by atoms with Gasteiger partial charge in [0.1, 0.15) is 7.05 Å². The Bertz CT molecular complexity index is 1050. The van der Waals surface area contributed by atoms with Crippen LogP contribution in [0.2, 0.25) is 0 Å². The van der Waals surface area contributed by atoms with E-state index in [1.807, 2.05) is 24.3 Å². The molecule has 0 unspecified atom stereocenters. The van der Waals surface area contributed by atoms with Crippen molar-refractivity contribution in [2.45, 2.75) is 6.42 Å². The number of nitrogen functional groups attached to an aromatic ring is 2. The highest BCUT2D eigenvalue weighted by Crippen LogP contribution is 2.27. The van der Waals surface area contributed by atoms with E-state index < -0.39 is 0 Å². The molecule has 1 aromatic heterocycles. The van der Waals surface area contributed by atoms with E-state index in [1.54, 1.807) is 0 Å². The number of aryl methyl sites for hydroxylation is 1. The highest BCUT2D eigenvalue weighted by atomic mass is 14.9. The molecule has 0 aliphatic heterocycles. The van der Waals surface area contributed by atoms with Crippen LogP contribution in [-0.4, -0.2) is 0 Å². The summed E-state index contributed by atoms with van der Waals surface area (Å²) in [4.78, 5) is 0. The van der Waals surface area contributed by atoms with Crippen LogP contribution >= 0.6 is 0 Å². The zero-order chi connectivity index (χ0) is 16.7. The minimum absolute atomic E-state index is 0.784. The van der Waals surface area contributed by atoms with Gasteiger partial charge in [-0.2, -0.15) is 4.57 Å². The quantitative estimate of drug-likeness (QED) is 0.337. The normalized spacial score (nSPS) is 11.2. The number of nitrogens with two attached hydrogens (primary N) is 2. The maximum Gasteiger partial charge on any atom is 0.215 e. The van der Waals surface area contributed by atoms with Crippen LogP contribution in [-0.2, 0) is 13.5 Å². The van der Waals surface area contributed by atoms with Crippen LogP contribution in [0.3, 0.4) is 0 Å². The van der Waals surface area contributed by atoms with Gasteiger partial charge in [-0.25, -0.2) is 0 Å². The van der Waals surface area contributed by atoms with E-state index in [2.05, 4.69) is 54.1 Å². The maximum absolute atomic E-state index is 6.03. The largest absolute Gasteiger partial charge is 0.399 e. The molecule has 4 rings (SSSR count). The molecule has 4 aromatic rings. The summed E-state index contributed by atoms with van der Waals surface area (Å²) in [6.07, 6.45) is 0.849. The third-order valence-corrected chi connectivity index (χ3v) is 4.67. The monoisotopic (exact) mass is 314 g/mol. The Hall–Kier alpha value is -3.07. The van der Waals surface area contributed by atoms with Gasteiger partial charge in [-0.15, -0.1) is 0 Å². The van der Waals surface area contributed by atoms with Crippen molar-refractivity contribution in [2.24, 2.45) is 7.05 Å². The molecule has 0 amide bonds. The van der Waals surface area contributed by atoms with Crippen LogP contribution in [0.4, 0.5) is 11.4 Å². The molecule has 0 fully saturated rings. The van der Waals surface area contributed by atoms with E-state index in [0.717, 1.165) is 23.3 Å². The van der Waals surface area contributed by atoms with Crippen molar-refractivity contribution in [2.75, 3.05) is 11.5 Å². The van der Waals surface area contributed by atoms with Gasteiger partial charge >= 0.3 is 0 Å². The molecule has 24 heavy (non-hydrogen) atoms. The highest BCUT2D eigenvalue weighted by Gasteiger charge is 2.19. The number of fused-ring (bicyclic) bond motifs is 3. The Morgan fingerprint density at radius 2 is 1.42 bits per heavy atom. The maximum atomic E-state index is 6.03. The molecule has 118 valence electrons. The Kier molecular flexibility index (Phi) is 3.35. The molecular formula is C21H20N3+. The van der Waals surface area contributed by atoms with Gasteiger partial charge in [-0.1, -0.05) is 30.3 Å². The van der Waals surface area contributed by atoms with Crippen LogP contribution in [0.25, 0.3) is 21.7 Å². The minimum atomic E-state index is 0.784. The van der Waals surface area contributed by atoms with Gasteiger partial charge < -0.3 is 11.5 Å². The van der Waals surface area contributed by atoms with Crippen molar-refractivity contribution in [1.82, 2.24) is 0 Å². The number of nitrogens with zero attached hydrogens (tertiary/aromatic N) is 1. The van der Waals surface area contributed by atoms with Crippen molar-refractivity contribution < 1.29 is 4.57 Å². The number of aromatic nitrogens is 1. The molecule has 0 bridgehead atoms. The molecule has 0 atom stereocenters. The predicted molar refractivity (Wildman–Crippen MR) is 101 cm³/mol. The van der Waals surface area contributed by atoms with Gasteiger partial charge in [0.15, 0.2) is 5.69 Å². The second kappa shape index (κ2) is 5.53. The Morgan fingerprint density at radius 1 is 0.750 bits per heavy atom. The summed E-state index contributed by atoms with van der Waals surface area (Å²) in [6.45, 7) is 0. The Morgan fingerprint density at radius 3 is 2.17 bits per heavy atom. The molecule has 0 radical (unpaired) electrons. The van der Waals surface area contributed by atoms with Gasteiger partial charge in [0, 0.05) is 28.2 Å². The number of anilines is 2. The van der Waals surface area contributed by atoms with Crippen LogP contribution in [0.5, 0.6) is 0 Å². The van der Waals surface area contributed by atoms with E-state index >= 15 is 0 Å². The summed E-state index contributed by atoms with van der Waals surface area (Å²) in [6, 6.07) is 22.8. The van der Waals surface area contributed by atoms with Crippen LogP contribution in [0.15, 0.2) is 66.7 Å². The van der Waals surface area contributed by atoms with E-state index in [4.69, 9.17) is 11.5 Å². The SMILES string of the molecule is C[n+]1c(Cc2ccc(N)cc2)c2ccccc2c2ccc(N)cc21. The second-order valence-corrected chi connectivity index (χ2v) is 6.25. The van der Waals surface area contributed by atoms with Crippen molar-refractivity contribution in [3.8, 4) is 0 Å². The average Bonchev–Trinajstić information content (AvgIpc) is 2.60. The Labute approximate surface area is 141 Å². The third kappa shape index (κ3) is 2.35. The minimum Gasteiger partial charge on any atom is -0.399 e. The smallest absolute Gasteiger partial charge is 0.215 e. The first-order valence-electron chi connectivity index (χ1n) is 8.07. The molecule has 1 heterocycles. The molecule has 0 saturated heterocycles. The summed E-state index contributed by atoms with van der Waals surface area (Å²) in [5, 5.41) is 3.76. The van der Waals surface area contributed by atoms with Crippen molar-refractivity contribution in [3.05, 3.63) is 78.0 Å². The Balaban J connectivity index is 2.01. The van der Waals surface area contributed by atoms with Crippen molar-refractivity contribution >= 4 is 33.1 Å². The fraction of sp³-hybridized carbons (Fsp3) is 0.0952. The van der Waals surface area contributed by atoms with Crippen molar-refractivity contribution in [3.63, 3.8) is 0 Å². The first-order valence-corrected chi connectivity index (χ1v) is 8.07. The molecule has 3 heteroatoms. The van der Waals surface area contributed by atoms with Crippen LogP contribution < -0.4 is 16.0 Å². The first-order chi connectivity index (χ1) is 11.6. The fourth-order valence-electron chi connectivity index (χ4n) is 3.39. The van der Waals surface area contributed by atoms with Gasteiger partial charge in [0.2, 0.25) is 5.52 Å². The van der Waals surface area contributed by atoms with Crippen LogP contribution in [0, 0.1) is 0 Å². The molecule has 4 N–H and O–H groups in total. The number of rotatable bonds is 2. The van der Waals surface area contributed by atoms with Crippen molar-refractivity contribution in [1.29, 1.82) is 0 Å². The van der Waals surface area contributed by atoms with Gasteiger partial charge in [0.25, 0.3) is 0 Å². The van der Waals surface area contributed by atoms with E-state index in [9.17, 15) is 0 Å². The molecule has 3 nitrogen and oxygen atoms in total. The number of hydrogen-bond acceptors (Lipinski definition) is 2. The van der Waals surface area contributed by atoms with Gasteiger partial charge in [-0.3, -0.25) is 0 Å². The van der Waals surface area contributed by atoms with Crippen LogP contribution in [0.1, 0.15) is 11.3 Å². The highest BCUT2D eigenvalue weighted by molar-refractivity contribution is 6.05.